The van der Waals surface area contributed by atoms with E-state index in [2.05, 4.69) is 109 Å². The summed E-state index contributed by atoms with van der Waals surface area (Å²) in [6.07, 6.45) is -0.250. The summed E-state index contributed by atoms with van der Waals surface area (Å²) in [4.78, 5) is 6.16. The van der Waals surface area contributed by atoms with E-state index in [1.54, 1.807) is 0 Å². The minimum absolute atomic E-state index is 0.250. The molecule has 4 aromatic carbocycles. The number of rotatable bonds is 4. The third kappa shape index (κ3) is 3.10. The van der Waals surface area contributed by atoms with E-state index >= 15 is 0 Å². The zero-order valence-electron chi connectivity index (χ0n) is 15.9. The van der Waals surface area contributed by atoms with Crippen molar-refractivity contribution in [3.05, 3.63) is 138 Å². The van der Waals surface area contributed by atoms with Crippen molar-refractivity contribution in [1.82, 2.24) is 0 Å². The van der Waals surface area contributed by atoms with Gasteiger partial charge in [-0.3, -0.25) is 0 Å². The predicted octanol–water partition coefficient (Wildman–Crippen LogP) is 6.36. The first-order chi connectivity index (χ1) is 14.4. The van der Waals surface area contributed by atoms with Gasteiger partial charge in [0.25, 0.3) is 0 Å². The van der Waals surface area contributed by atoms with Crippen LogP contribution in [0.15, 0.2) is 121 Å². The molecule has 3 heteroatoms. The Bertz CT molecular complexity index is 964. The standard InChI is InChI=1S/C26H21O2P/c1-5-13-21(14-6-1)25-26(22-15-7-2-8-16-22,23-17-9-3-10-18-23)29(28-27-25)24-19-11-4-12-20-24/h1-20,25H. The lowest BCUT2D eigenvalue weighted by atomic mass is 9.82. The average Bonchev–Trinajstić information content (AvgIpc) is 3.23. The Balaban J connectivity index is 1.81. The Morgan fingerprint density at radius 2 is 1.00 bits per heavy atom. The minimum Gasteiger partial charge on any atom is -0.223 e. The maximum atomic E-state index is 6.20. The zero-order chi connectivity index (χ0) is 19.5. The lowest BCUT2D eigenvalue weighted by Crippen LogP contribution is -2.32. The van der Waals surface area contributed by atoms with Crippen LogP contribution >= 0.6 is 8.15 Å². The third-order valence-corrected chi connectivity index (χ3v) is 7.83. The molecule has 0 saturated carbocycles. The van der Waals surface area contributed by atoms with Gasteiger partial charge in [-0.15, -0.1) is 0 Å². The van der Waals surface area contributed by atoms with Gasteiger partial charge in [-0.2, -0.15) is 0 Å². The second-order valence-electron chi connectivity index (χ2n) is 7.09. The van der Waals surface area contributed by atoms with E-state index in [4.69, 9.17) is 9.56 Å². The molecule has 0 N–H and O–H groups in total. The Kier molecular flexibility index (Phi) is 4.99. The van der Waals surface area contributed by atoms with Crippen LogP contribution in [0.5, 0.6) is 0 Å². The van der Waals surface area contributed by atoms with Gasteiger partial charge in [0.05, 0.1) is 0 Å². The first kappa shape index (κ1) is 18.3. The van der Waals surface area contributed by atoms with Crippen LogP contribution in [0.4, 0.5) is 0 Å². The van der Waals surface area contributed by atoms with Crippen LogP contribution in [0.2, 0.25) is 0 Å². The first-order valence-corrected chi connectivity index (χ1v) is 11.0. The van der Waals surface area contributed by atoms with Crippen molar-refractivity contribution in [1.29, 1.82) is 0 Å². The van der Waals surface area contributed by atoms with E-state index in [0.717, 1.165) is 10.9 Å². The smallest absolute Gasteiger partial charge is 0.139 e. The van der Waals surface area contributed by atoms with E-state index in [0.29, 0.717) is 0 Å². The molecule has 0 spiro atoms. The van der Waals surface area contributed by atoms with Gasteiger partial charge in [-0.1, -0.05) is 121 Å². The summed E-state index contributed by atoms with van der Waals surface area (Å²) in [6.45, 7) is 0. The van der Waals surface area contributed by atoms with Crippen molar-refractivity contribution < 1.29 is 9.56 Å². The van der Waals surface area contributed by atoms with Crippen molar-refractivity contribution in [2.24, 2.45) is 0 Å². The molecule has 0 aliphatic carbocycles. The van der Waals surface area contributed by atoms with Crippen molar-refractivity contribution in [3.63, 3.8) is 0 Å². The van der Waals surface area contributed by atoms with E-state index in [-0.39, 0.29) is 6.10 Å². The van der Waals surface area contributed by atoms with Gasteiger partial charge in [-0.05, 0) is 16.7 Å². The highest BCUT2D eigenvalue weighted by molar-refractivity contribution is 7.62. The highest BCUT2D eigenvalue weighted by Gasteiger charge is 2.57. The average molecular weight is 396 g/mol. The molecular formula is C26H21O2P. The van der Waals surface area contributed by atoms with E-state index in [9.17, 15) is 0 Å². The van der Waals surface area contributed by atoms with Crippen LogP contribution in [0.25, 0.3) is 0 Å². The maximum Gasteiger partial charge on any atom is 0.139 e. The monoisotopic (exact) mass is 396 g/mol. The molecule has 2 unspecified atom stereocenters. The lowest BCUT2D eigenvalue weighted by molar-refractivity contribution is -0.221. The van der Waals surface area contributed by atoms with Crippen molar-refractivity contribution >= 4 is 13.5 Å². The molecule has 2 atom stereocenters. The van der Waals surface area contributed by atoms with Gasteiger partial charge >= 0.3 is 0 Å². The van der Waals surface area contributed by atoms with Gasteiger partial charge in [0.15, 0.2) is 0 Å². The van der Waals surface area contributed by atoms with E-state index < -0.39 is 13.3 Å². The molecule has 5 rings (SSSR count). The summed E-state index contributed by atoms with van der Waals surface area (Å²) in [5.41, 5.74) is 3.51. The molecule has 0 radical (unpaired) electrons. The lowest BCUT2D eigenvalue weighted by Gasteiger charge is -2.37. The van der Waals surface area contributed by atoms with E-state index in [1.807, 2.05) is 12.1 Å². The molecule has 142 valence electrons. The van der Waals surface area contributed by atoms with Gasteiger partial charge in [0.1, 0.15) is 19.4 Å². The minimum atomic E-state index is -1.13. The molecule has 4 aromatic rings. The highest BCUT2D eigenvalue weighted by atomic mass is 31.1. The molecule has 1 saturated heterocycles. The topological polar surface area (TPSA) is 18.5 Å². The van der Waals surface area contributed by atoms with Crippen LogP contribution in [0, 0.1) is 0 Å². The molecule has 0 bridgehead atoms. The van der Waals surface area contributed by atoms with Crippen molar-refractivity contribution in [2.75, 3.05) is 0 Å². The van der Waals surface area contributed by atoms with Crippen LogP contribution in [0.3, 0.4) is 0 Å². The molecule has 0 amide bonds. The summed E-state index contributed by atoms with van der Waals surface area (Å²) in [5, 5.41) is 0.703. The summed E-state index contributed by atoms with van der Waals surface area (Å²) in [6, 6.07) is 42.1. The van der Waals surface area contributed by atoms with Crippen molar-refractivity contribution in [2.45, 2.75) is 11.3 Å². The van der Waals surface area contributed by atoms with Crippen LogP contribution in [-0.2, 0) is 14.7 Å². The Hall–Kier alpha value is -2.77. The molecular weight excluding hydrogens is 375 g/mol. The second kappa shape index (κ2) is 7.93. The zero-order valence-corrected chi connectivity index (χ0v) is 16.8. The molecule has 29 heavy (non-hydrogen) atoms. The quantitative estimate of drug-likeness (QED) is 0.295. The molecule has 0 aromatic heterocycles. The first-order valence-electron chi connectivity index (χ1n) is 9.75. The van der Waals surface area contributed by atoms with Gasteiger partial charge in [0.2, 0.25) is 0 Å². The highest BCUT2D eigenvalue weighted by Crippen LogP contribution is 2.71. The fourth-order valence-corrected chi connectivity index (χ4v) is 6.54. The summed E-state index contributed by atoms with van der Waals surface area (Å²) in [7, 11) is -1.13. The van der Waals surface area contributed by atoms with Gasteiger partial charge in [0, 0.05) is 5.30 Å². The normalized spacial score (nSPS) is 20.4. The third-order valence-electron chi connectivity index (χ3n) is 5.43. The molecule has 1 aliphatic heterocycles. The van der Waals surface area contributed by atoms with Gasteiger partial charge in [-0.25, -0.2) is 9.56 Å². The fourth-order valence-electron chi connectivity index (χ4n) is 4.14. The number of hydrogen-bond acceptors (Lipinski definition) is 2. The molecule has 2 nitrogen and oxygen atoms in total. The van der Waals surface area contributed by atoms with Crippen molar-refractivity contribution in [3.8, 4) is 0 Å². The van der Waals surface area contributed by atoms with Crippen LogP contribution in [0.1, 0.15) is 22.8 Å². The summed E-state index contributed by atoms with van der Waals surface area (Å²) >= 11 is 0. The maximum absolute atomic E-state index is 6.20. The Morgan fingerprint density at radius 3 is 1.52 bits per heavy atom. The predicted molar refractivity (Wildman–Crippen MR) is 118 cm³/mol. The van der Waals surface area contributed by atoms with Crippen LogP contribution in [-0.4, -0.2) is 0 Å². The number of benzene rings is 4. The molecule has 1 fully saturated rings. The fraction of sp³-hybridized carbons (Fsp3) is 0.0769. The SMILES string of the molecule is c1ccc(C2OOP(c3ccccc3)C2(c2ccccc2)c2ccccc2)cc1. The van der Waals surface area contributed by atoms with Gasteiger partial charge < -0.3 is 0 Å². The van der Waals surface area contributed by atoms with Crippen LogP contribution < -0.4 is 5.30 Å². The molecule has 1 heterocycles. The Labute approximate surface area is 172 Å². The molecule has 1 aliphatic rings. The summed E-state index contributed by atoms with van der Waals surface area (Å²) in [5.74, 6) is 0. The number of hydrogen-bond donors (Lipinski definition) is 0. The second-order valence-corrected chi connectivity index (χ2v) is 9.05. The van der Waals surface area contributed by atoms with E-state index in [1.165, 1.54) is 11.1 Å². The summed E-state index contributed by atoms with van der Waals surface area (Å²) < 4.78 is 6.20. The Morgan fingerprint density at radius 1 is 0.552 bits per heavy atom. The largest absolute Gasteiger partial charge is 0.223 e.